The van der Waals surface area contributed by atoms with Crippen LogP contribution in [0.3, 0.4) is 0 Å². The van der Waals surface area contributed by atoms with E-state index in [0.29, 0.717) is 12.9 Å². The summed E-state index contributed by atoms with van der Waals surface area (Å²) in [5.41, 5.74) is 1.02. The summed E-state index contributed by atoms with van der Waals surface area (Å²) in [6.07, 6.45) is 3.78. The minimum atomic E-state index is 0.247. The quantitative estimate of drug-likeness (QED) is 0.523. The molecule has 0 aliphatic rings. The molecule has 14 heavy (non-hydrogen) atoms. The summed E-state index contributed by atoms with van der Waals surface area (Å²) in [6, 6.07) is 9.65. The highest BCUT2D eigenvalue weighted by atomic mass is 19.1. The molecule has 0 saturated heterocycles. The second-order valence-corrected chi connectivity index (χ2v) is 2.79. The number of halogens is 1. The van der Waals surface area contributed by atoms with Gasteiger partial charge >= 0.3 is 0 Å². The van der Waals surface area contributed by atoms with Crippen molar-refractivity contribution < 1.29 is 9.13 Å². The van der Waals surface area contributed by atoms with Crippen molar-refractivity contribution in [3.8, 4) is 0 Å². The lowest BCUT2D eigenvalue weighted by atomic mass is 10.2. The number of ether oxygens (including phenoxy) is 1. The van der Waals surface area contributed by atoms with Gasteiger partial charge in [-0.15, -0.1) is 0 Å². The Bertz CT molecular complexity index is 314. The summed E-state index contributed by atoms with van der Waals surface area (Å²) in [5, 5.41) is 0. The zero-order chi connectivity index (χ0) is 10.2. The highest BCUT2D eigenvalue weighted by Crippen LogP contribution is 2.07. The van der Waals surface area contributed by atoms with E-state index in [4.69, 9.17) is 4.74 Å². The third-order valence-electron chi connectivity index (χ3n) is 1.69. The zero-order valence-electron chi connectivity index (χ0n) is 8.11. The summed E-state index contributed by atoms with van der Waals surface area (Å²) >= 11 is 0. The maximum atomic E-state index is 12.2. The average Bonchev–Trinajstić information content (AvgIpc) is 2.25. The van der Waals surface area contributed by atoms with Crippen LogP contribution in [0.2, 0.25) is 0 Å². The minimum Gasteiger partial charge on any atom is -0.487 e. The number of rotatable bonds is 4. The summed E-state index contributed by atoms with van der Waals surface area (Å²) in [6.45, 7) is 2.20. The maximum Gasteiger partial charge on any atom is 0.147 e. The zero-order valence-corrected chi connectivity index (χ0v) is 8.11. The Morgan fingerprint density at radius 3 is 2.64 bits per heavy atom. The Kier molecular flexibility index (Phi) is 4.48. The normalized spacial score (nSPS) is 12.0. The molecule has 0 aromatic heterocycles. The Hall–Kier alpha value is -1.57. The van der Waals surface area contributed by atoms with Gasteiger partial charge in [-0.2, -0.15) is 0 Å². The van der Waals surface area contributed by atoms with Crippen molar-refractivity contribution in [1.82, 2.24) is 0 Å². The van der Waals surface area contributed by atoms with Crippen molar-refractivity contribution in [2.24, 2.45) is 0 Å². The molecular weight excluding hydrogens is 179 g/mol. The van der Waals surface area contributed by atoms with Gasteiger partial charge in [-0.25, -0.2) is 4.39 Å². The lowest BCUT2D eigenvalue weighted by Crippen LogP contribution is -1.90. The highest BCUT2D eigenvalue weighted by molar-refractivity contribution is 5.15. The second kappa shape index (κ2) is 5.97. The van der Waals surface area contributed by atoms with E-state index < -0.39 is 0 Å². The first-order chi connectivity index (χ1) is 6.86. The molecule has 0 fully saturated rings. The van der Waals surface area contributed by atoms with Gasteiger partial charge in [0.2, 0.25) is 0 Å². The van der Waals surface area contributed by atoms with Crippen LogP contribution in [0.4, 0.5) is 4.39 Å². The molecule has 0 saturated carbocycles. The van der Waals surface area contributed by atoms with Crippen LogP contribution in [-0.2, 0) is 11.3 Å². The average molecular weight is 192 g/mol. The largest absolute Gasteiger partial charge is 0.487 e. The number of benzene rings is 1. The number of allylic oxidation sites excluding steroid dienone is 2. The van der Waals surface area contributed by atoms with Crippen LogP contribution in [0.5, 0.6) is 0 Å². The highest BCUT2D eigenvalue weighted by Gasteiger charge is 1.94. The summed E-state index contributed by atoms with van der Waals surface area (Å²) in [4.78, 5) is 0. The van der Waals surface area contributed by atoms with Gasteiger partial charge in [0.05, 0.1) is 0 Å². The van der Waals surface area contributed by atoms with Crippen LogP contribution in [0.15, 0.2) is 54.6 Å². The molecule has 0 atom stereocenters. The third-order valence-corrected chi connectivity index (χ3v) is 1.69. The van der Waals surface area contributed by atoms with Crippen LogP contribution in [0.1, 0.15) is 12.5 Å². The second-order valence-electron chi connectivity index (χ2n) is 2.79. The van der Waals surface area contributed by atoms with E-state index in [1.165, 1.54) is 0 Å². The van der Waals surface area contributed by atoms with Gasteiger partial charge in [-0.3, -0.25) is 0 Å². The Morgan fingerprint density at radius 2 is 2.07 bits per heavy atom. The molecule has 2 heteroatoms. The van der Waals surface area contributed by atoms with Crippen molar-refractivity contribution in [1.29, 1.82) is 0 Å². The van der Waals surface area contributed by atoms with Crippen molar-refractivity contribution in [3.05, 3.63) is 60.1 Å². The molecular formula is C12H13FO. The lowest BCUT2D eigenvalue weighted by molar-refractivity contribution is 0.206. The van der Waals surface area contributed by atoms with E-state index in [0.717, 1.165) is 5.56 Å². The fourth-order valence-electron chi connectivity index (χ4n) is 1.02. The van der Waals surface area contributed by atoms with Crippen molar-refractivity contribution in [3.63, 3.8) is 0 Å². The predicted molar refractivity (Wildman–Crippen MR) is 55.2 cm³/mol. The molecule has 0 unspecified atom stereocenters. The summed E-state index contributed by atoms with van der Waals surface area (Å²) in [5.74, 6) is 0.247. The fraction of sp³-hybridized carbons (Fsp3) is 0.167. The first-order valence-corrected chi connectivity index (χ1v) is 4.46. The molecule has 0 bridgehead atoms. The van der Waals surface area contributed by atoms with Crippen molar-refractivity contribution in [2.45, 2.75) is 13.5 Å². The number of hydrogen-bond acceptors (Lipinski definition) is 1. The molecule has 1 rings (SSSR count). The molecule has 0 radical (unpaired) electrons. The van der Waals surface area contributed by atoms with Crippen LogP contribution >= 0.6 is 0 Å². The monoisotopic (exact) mass is 192 g/mol. The molecule has 1 nitrogen and oxygen atoms in total. The molecule has 1 aromatic rings. The van der Waals surface area contributed by atoms with E-state index in [1.807, 2.05) is 37.3 Å². The van der Waals surface area contributed by atoms with Crippen LogP contribution in [0.25, 0.3) is 0 Å². The Labute approximate surface area is 83.5 Å². The smallest absolute Gasteiger partial charge is 0.147 e. The fourth-order valence-corrected chi connectivity index (χ4v) is 1.02. The molecule has 0 amide bonds. The molecule has 0 spiro atoms. The van der Waals surface area contributed by atoms with Crippen LogP contribution < -0.4 is 0 Å². The summed E-state index contributed by atoms with van der Waals surface area (Å²) in [7, 11) is 0. The van der Waals surface area contributed by atoms with E-state index in [1.54, 1.807) is 12.2 Å². The van der Waals surface area contributed by atoms with E-state index in [2.05, 4.69) is 0 Å². The van der Waals surface area contributed by atoms with Gasteiger partial charge in [-0.1, -0.05) is 36.4 Å². The standard InChI is InChI=1S/C12H13FO/c1-2-6-12(9-13)14-10-11-7-4-3-5-8-11/h2-9H,10H2,1H3/b6-2-,12-9-. The lowest BCUT2D eigenvalue weighted by Gasteiger charge is -2.04. The van der Waals surface area contributed by atoms with Gasteiger partial charge < -0.3 is 4.74 Å². The summed E-state index contributed by atoms with van der Waals surface area (Å²) < 4.78 is 17.4. The van der Waals surface area contributed by atoms with Gasteiger partial charge in [0.1, 0.15) is 18.7 Å². The third kappa shape index (κ3) is 3.44. The Morgan fingerprint density at radius 1 is 1.36 bits per heavy atom. The first-order valence-electron chi connectivity index (χ1n) is 4.46. The van der Waals surface area contributed by atoms with Gasteiger partial charge in [-0.05, 0) is 18.6 Å². The van der Waals surface area contributed by atoms with E-state index >= 15 is 0 Å². The topological polar surface area (TPSA) is 9.23 Å². The van der Waals surface area contributed by atoms with Gasteiger partial charge in [0, 0.05) is 0 Å². The molecule has 0 heterocycles. The van der Waals surface area contributed by atoms with E-state index in [-0.39, 0.29) is 5.76 Å². The van der Waals surface area contributed by atoms with Crippen LogP contribution in [-0.4, -0.2) is 0 Å². The molecule has 0 aliphatic heterocycles. The van der Waals surface area contributed by atoms with Crippen molar-refractivity contribution >= 4 is 0 Å². The number of hydrogen-bond donors (Lipinski definition) is 0. The SMILES string of the molecule is C/C=C\C(=C\F)OCc1ccccc1. The minimum absolute atomic E-state index is 0.247. The van der Waals surface area contributed by atoms with Gasteiger partial charge in [0.25, 0.3) is 0 Å². The van der Waals surface area contributed by atoms with Crippen LogP contribution in [0, 0.1) is 0 Å². The van der Waals surface area contributed by atoms with E-state index in [9.17, 15) is 4.39 Å². The predicted octanol–water partition coefficient (Wildman–Crippen LogP) is 3.59. The first kappa shape index (κ1) is 10.5. The molecule has 1 aromatic carbocycles. The molecule has 0 N–H and O–H groups in total. The maximum absolute atomic E-state index is 12.2. The molecule has 0 aliphatic carbocycles. The Balaban J connectivity index is 2.48. The van der Waals surface area contributed by atoms with Crippen molar-refractivity contribution in [2.75, 3.05) is 0 Å². The van der Waals surface area contributed by atoms with Gasteiger partial charge in [0.15, 0.2) is 0 Å². The molecule has 74 valence electrons.